The molecular weight excluding hydrogens is 368 g/mol. The summed E-state index contributed by atoms with van der Waals surface area (Å²) < 4.78 is 0. The third kappa shape index (κ3) is 8.66. The van der Waals surface area contributed by atoms with Crippen LogP contribution in [0.2, 0.25) is 0 Å². The lowest BCUT2D eigenvalue weighted by molar-refractivity contribution is -0.143. The van der Waals surface area contributed by atoms with Gasteiger partial charge in [0, 0.05) is 0 Å². The summed E-state index contributed by atoms with van der Waals surface area (Å²) in [5.74, 6) is -3.54. The Morgan fingerprint density at radius 1 is 0.821 bits per heavy atom. The fraction of sp³-hybridized carbons (Fsp3) is 0.778. The van der Waals surface area contributed by atoms with Gasteiger partial charge in [-0.05, 0) is 32.1 Å². The quantitative estimate of drug-likeness (QED) is 0.256. The van der Waals surface area contributed by atoms with Gasteiger partial charge in [-0.1, -0.05) is 27.7 Å². The number of carboxylic acids is 1. The third-order valence-electron chi connectivity index (χ3n) is 4.04. The number of carbonyl (C=O) groups excluding carboxylic acids is 3. The molecule has 0 aliphatic rings. The van der Waals surface area contributed by atoms with Gasteiger partial charge in [-0.3, -0.25) is 14.4 Å². The van der Waals surface area contributed by atoms with Gasteiger partial charge >= 0.3 is 5.97 Å². The molecule has 0 saturated carbocycles. The lowest BCUT2D eigenvalue weighted by Gasteiger charge is -2.28. The van der Waals surface area contributed by atoms with Gasteiger partial charge in [-0.2, -0.15) is 0 Å². The number of carbonyl (C=O) groups is 4. The smallest absolute Gasteiger partial charge is 0.326 e. The van der Waals surface area contributed by atoms with E-state index in [2.05, 4.69) is 16.0 Å². The molecule has 0 aliphatic carbocycles. The fourth-order valence-electron chi connectivity index (χ4n) is 2.42. The van der Waals surface area contributed by atoms with Crippen molar-refractivity contribution in [1.29, 1.82) is 0 Å². The second kappa shape index (κ2) is 11.6. The van der Waals surface area contributed by atoms with Crippen molar-refractivity contribution in [3.63, 3.8) is 0 Å². The number of aliphatic hydroxyl groups is 1. The highest BCUT2D eigenvalue weighted by molar-refractivity contribution is 5.94. The minimum Gasteiger partial charge on any atom is -0.480 e. The fourth-order valence-corrected chi connectivity index (χ4v) is 2.42. The largest absolute Gasteiger partial charge is 0.480 e. The van der Waals surface area contributed by atoms with E-state index in [1.165, 1.54) is 13.8 Å². The molecule has 5 atom stereocenters. The highest BCUT2D eigenvalue weighted by atomic mass is 16.4. The number of hydrogen-bond donors (Lipinski definition) is 6. The average Bonchev–Trinajstić information content (AvgIpc) is 2.54. The summed E-state index contributed by atoms with van der Waals surface area (Å²) in [6.07, 6.45) is -0.994. The van der Waals surface area contributed by atoms with Gasteiger partial charge in [-0.15, -0.1) is 0 Å². The number of carboxylic acid groups (broad SMARTS) is 1. The van der Waals surface area contributed by atoms with Crippen LogP contribution in [-0.4, -0.2) is 64.2 Å². The summed E-state index contributed by atoms with van der Waals surface area (Å²) >= 11 is 0. The first kappa shape index (κ1) is 25.8. The van der Waals surface area contributed by atoms with Crippen molar-refractivity contribution in [2.45, 2.75) is 78.2 Å². The molecule has 10 nitrogen and oxygen atoms in total. The van der Waals surface area contributed by atoms with E-state index < -0.39 is 54.0 Å². The zero-order valence-electron chi connectivity index (χ0n) is 17.4. The lowest BCUT2D eigenvalue weighted by atomic mass is 9.99. The molecule has 3 amide bonds. The molecule has 0 rings (SSSR count). The van der Waals surface area contributed by atoms with Crippen LogP contribution >= 0.6 is 0 Å². The maximum Gasteiger partial charge on any atom is 0.326 e. The number of rotatable bonds is 11. The van der Waals surface area contributed by atoms with Crippen LogP contribution in [0.4, 0.5) is 0 Å². The SMILES string of the molecule is CC(C)CC(NC(=O)C(NC(=O)C(NC(=O)C(C)N)C(C)O)C(C)C)C(=O)O. The minimum atomic E-state index is -1.31. The number of nitrogens with two attached hydrogens (primary N) is 1. The van der Waals surface area contributed by atoms with Crippen molar-refractivity contribution in [2.75, 3.05) is 0 Å². The second-order valence-electron chi connectivity index (χ2n) is 7.77. The predicted octanol–water partition coefficient (Wildman–Crippen LogP) is -1.04. The first-order chi connectivity index (χ1) is 12.8. The van der Waals surface area contributed by atoms with Gasteiger partial charge in [-0.25, -0.2) is 4.79 Å². The molecule has 0 saturated heterocycles. The van der Waals surface area contributed by atoms with Crippen molar-refractivity contribution in [2.24, 2.45) is 17.6 Å². The first-order valence-corrected chi connectivity index (χ1v) is 9.35. The van der Waals surface area contributed by atoms with Crippen molar-refractivity contribution in [1.82, 2.24) is 16.0 Å². The van der Waals surface area contributed by atoms with Crippen molar-refractivity contribution in [3.8, 4) is 0 Å². The number of nitrogens with one attached hydrogen (secondary N) is 3. The molecule has 0 spiro atoms. The number of aliphatic hydroxyl groups excluding tert-OH is 1. The normalized spacial score (nSPS) is 16.6. The second-order valence-corrected chi connectivity index (χ2v) is 7.77. The molecule has 5 unspecified atom stereocenters. The Balaban J connectivity index is 5.30. The van der Waals surface area contributed by atoms with Crippen molar-refractivity contribution in [3.05, 3.63) is 0 Å². The maximum atomic E-state index is 12.6. The molecule has 0 aromatic rings. The Hall–Kier alpha value is -2.20. The van der Waals surface area contributed by atoms with Crippen LogP contribution in [0.5, 0.6) is 0 Å². The Labute approximate surface area is 165 Å². The van der Waals surface area contributed by atoms with Gasteiger partial charge < -0.3 is 31.9 Å². The van der Waals surface area contributed by atoms with Crippen LogP contribution in [0.3, 0.4) is 0 Å². The van der Waals surface area contributed by atoms with Crippen LogP contribution in [0, 0.1) is 11.8 Å². The summed E-state index contributed by atoms with van der Waals surface area (Å²) in [7, 11) is 0. The van der Waals surface area contributed by atoms with Gasteiger partial charge in [0.05, 0.1) is 12.1 Å². The Morgan fingerprint density at radius 3 is 1.64 bits per heavy atom. The van der Waals surface area contributed by atoms with Crippen molar-refractivity contribution < 1.29 is 29.4 Å². The summed E-state index contributed by atoms with van der Waals surface area (Å²) in [5.41, 5.74) is 5.46. The van der Waals surface area contributed by atoms with Gasteiger partial charge in [0.2, 0.25) is 17.7 Å². The minimum absolute atomic E-state index is 0.0431. The van der Waals surface area contributed by atoms with Crippen LogP contribution in [-0.2, 0) is 19.2 Å². The first-order valence-electron chi connectivity index (χ1n) is 9.35. The van der Waals surface area contributed by atoms with Gasteiger partial charge in [0.15, 0.2) is 0 Å². The molecule has 0 aromatic carbocycles. The molecule has 28 heavy (non-hydrogen) atoms. The summed E-state index contributed by atoms with van der Waals surface area (Å²) in [5, 5.41) is 26.4. The number of hydrogen-bond acceptors (Lipinski definition) is 6. The molecule has 0 bridgehead atoms. The number of aliphatic carboxylic acids is 1. The zero-order valence-corrected chi connectivity index (χ0v) is 17.4. The lowest BCUT2D eigenvalue weighted by Crippen LogP contribution is -2.60. The van der Waals surface area contributed by atoms with E-state index in [0.29, 0.717) is 0 Å². The van der Waals surface area contributed by atoms with Crippen LogP contribution in [0.25, 0.3) is 0 Å². The molecule has 0 radical (unpaired) electrons. The predicted molar refractivity (Wildman–Crippen MR) is 103 cm³/mol. The standard InChI is InChI=1S/C18H34N4O6/c1-8(2)7-12(18(27)28)20-16(25)13(9(3)4)21-17(26)14(11(6)23)22-15(24)10(5)19/h8-14,23H,7,19H2,1-6H3,(H,20,25)(H,21,26)(H,22,24)(H,27,28). The molecule has 0 fully saturated rings. The van der Waals surface area contributed by atoms with Gasteiger partial charge in [0.25, 0.3) is 0 Å². The Morgan fingerprint density at radius 2 is 1.29 bits per heavy atom. The summed E-state index contributed by atoms with van der Waals surface area (Å²) in [6, 6.07) is -4.32. The van der Waals surface area contributed by atoms with E-state index in [1.54, 1.807) is 13.8 Å². The molecule has 0 aliphatic heterocycles. The average molecular weight is 402 g/mol. The molecule has 0 aromatic heterocycles. The van der Waals surface area contributed by atoms with Crippen LogP contribution < -0.4 is 21.7 Å². The van der Waals surface area contributed by atoms with E-state index in [4.69, 9.17) is 5.73 Å². The molecule has 162 valence electrons. The van der Waals surface area contributed by atoms with E-state index in [9.17, 15) is 29.4 Å². The maximum absolute atomic E-state index is 12.6. The van der Waals surface area contributed by atoms with Crippen LogP contribution in [0.15, 0.2) is 0 Å². The Kier molecular flexibility index (Phi) is 10.7. The summed E-state index contributed by atoms with van der Waals surface area (Å²) in [6.45, 7) is 9.77. The number of amides is 3. The van der Waals surface area contributed by atoms with E-state index in [0.717, 1.165) is 0 Å². The van der Waals surface area contributed by atoms with E-state index >= 15 is 0 Å². The molecular formula is C18H34N4O6. The van der Waals surface area contributed by atoms with Crippen LogP contribution in [0.1, 0.15) is 48.0 Å². The highest BCUT2D eigenvalue weighted by Crippen LogP contribution is 2.08. The molecule has 10 heteroatoms. The van der Waals surface area contributed by atoms with Gasteiger partial charge in [0.1, 0.15) is 18.1 Å². The van der Waals surface area contributed by atoms with E-state index in [1.807, 2.05) is 13.8 Å². The van der Waals surface area contributed by atoms with Crippen molar-refractivity contribution >= 4 is 23.7 Å². The Bertz CT molecular complexity index is 562. The molecule has 0 heterocycles. The van der Waals surface area contributed by atoms with E-state index in [-0.39, 0.29) is 18.3 Å². The highest BCUT2D eigenvalue weighted by Gasteiger charge is 2.33. The molecule has 7 N–H and O–H groups in total. The topological polar surface area (TPSA) is 171 Å². The third-order valence-corrected chi connectivity index (χ3v) is 4.04. The zero-order chi connectivity index (χ0) is 22.2. The monoisotopic (exact) mass is 402 g/mol. The summed E-state index contributed by atoms with van der Waals surface area (Å²) in [4.78, 5) is 48.3.